The van der Waals surface area contributed by atoms with Gasteiger partial charge in [-0.25, -0.2) is 8.78 Å². The summed E-state index contributed by atoms with van der Waals surface area (Å²) in [6, 6.07) is 5.17. The minimum absolute atomic E-state index is 0. The van der Waals surface area contributed by atoms with Crippen LogP contribution in [0, 0.1) is 0 Å². The van der Waals surface area contributed by atoms with E-state index in [0.717, 1.165) is 4.47 Å². The molecule has 1 amide bonds. The summed E-state index contributed by atoms with van der Waals surface area (Å²) in [5, 5.41) is 2.15. The SMILES string of the molecule is COc1ccc(Br)cc1CC(=O)NCC(F)(F)CN.Cl. The van der Waals surface area contributed by atoms with Crippen molar-refractivity contribution < 1.29 is 18.3 Å². The van der Waals surface area contributed by atoms with E-state index in [2.05, 4.69) is 21.2 Å². The zero-order valence-corrected chi connectivity index (χ0v) is 13.2. The molecule has 1 rings (SSSR count). The zero-order valence-electron chi connectivity index (χ0n) is 10.8. The molecule has 1 aromatic rings. The van der Waals surface area contributed by atoms with Crippen LogP contribution >= 0.6 is 28.3 Å². The molecule has 0 bridgehead atoms. The lowest BCUT2D eigenvalue weighted by molar-refractivity contribution is -0.122. The fraction of sp³-hybridized carbons (Fsp3) is 0.417. The zero-order chi connectivity index (χ0) is 14.5. The number of methoxy groups -OCH3 is 1. The average Bonchev–Trinajstić information content (AvgIpc) is 2.37. The van der Waals surface area contributed by atoms with Crippen LogP contribution in [-0.2, 0) is 11.2 Å². The van der Waals surface area contributed by atoms with Crippen molar-refractivity contribution in [2.45, 2.75) is 12.3 Å². The lowest BCUT2D eigenvalue weighted by Crippen LogP contribution is -2.42. The Morgan fingerprint density at radius 1 is 1.50 bits per heavy atom. The molecule has 0 atom stereocenters. The van der Waals surface area contributed by atoms with Gasteiger partial charge in [-0.05, 0) is 18.2 Å². The molecule has 0 aliphatic heterocycles. The fourth-order valence-corrected chi connectivity index (χ4v) is 1.83. The van der Waals surface area contributed by atoms with E-state index in [0.29, 0.717) is 11.3 Å². The molecule has 0 radical (unpaired) electrons. The maximum Gasteiger partial charge on any atom is 0.277 e. The van der Waals surface area contributed by atoms with Crippen molar-refractivity contribution in [3.05, 3.63) is 28.2 Å². The summed E-state index contributed by atoms with van der Waals surface area (Å²) >= 11 is 3.27. The van der Waals surface area contributed by atoms with Crippen molar-refractivity contribution >= 4 is 34.2 Å². The second kappa shape index (κ2) is 8.39. The van der Waals surface area contributed by atoms with Gasteiger partial charge in [0.15, 0.2) is 0 Å². The number of ether oxygens (including phenoxy) is 1. The van der Waals surface area contributed by atoms with Crippen LogP contribution in [0.25, 0.3) is 0 Å². The monoisotopic (exact) mass is 372 g/mol. The van der Waals surface area contributed by atoms with E-state index in [1.54, 1.807) is 18.2 Å². The van der Waals surface area contributed by atoms with Crippen LogP contribution < -0.4 is 15.8 Å². The Morgan fingerprint density at radius 2 is 2.15 bits per heavy atom. The molecular weight excluding hydrogens is 357 g/mol. The topological polar surface area (TPSA) is 64.3 Å². The molecule has 4 nitrogen and oxygen atoms in total. The van der Waals surface area contributed by atoms with E-state index in [9.17, 15) is 13.6 Å². The number of benzene rings is 1. The van der Waals surface area contributed by atoms with Crippen LogP contribution in [0.5, 0.6) is 5.75 Å². The van der Waals surface area contributed by atoms with Gasteiger partial charge in [0.2, 0.25) is 5.91 Å². The Kier molecular flexibility index (Phi) is 8.00. The molecular formula is C12H16BrClF2N2O2. The minimum Gasteiger partial charge on any atom is -0.496 e. The van der Waals surface area contributed by atoms with E-state index in [4.69, 9.17) is 10.5 Å². The maximum atomic E-state index is 12.9. The molecule has 3 N–H and O–H groups in total. The first-order valence-corrected chi connectivity index (χ1v) is 6.34. The third-order valence-electron chi connectivity index (χ3n) is 2.44. The van der Waals surface area contributed by atoms with Crippen LogP contribution in [0.2, 0.25) is 0 Å². The van der Waals surface area contributed by atoms with Crippen LogP contribution in [0.15, 0.2) is 22.7 Å². The molecule has 0 aliphatic rings. The smallest absolute Gasteiger partial charge is 0.277 e. The summed E-state index contributed by atoms with van der Waals surface area (Å²) in [6.07, 6.45) is -0.0384. The molecule has 0 spiro atoms. The number of alkyl halides is 2. The summed E-state index contributed by atoms with van der Waals surface area (Å²) in [7, 11) is 1.48. The van der Waals surface area contributed by atoms with Gasteiger partial charge >= 0.3 is 0 Å². The van der Waals surface area contributed by atoms with Gasteiger partial charge in [-0.3, -0.25) is 4.79 Å². The Hall–Kier alpha value is -0.920. The summed E-state index contributed by atoms with van der Waals surface area (Å²) in [4.78, 5) is 11.6. The largest absolute Gasteiger partial charge is 0.496 e. The molecule has 0 heterocycles. The summed E-state index contributed by atoms with van der Waals surface area (Å²) < 4.78 is 31.7. The highest BCUT2D eigenvalue weighted by Gasteiger charge is 2.27. The molecule has 0 aliphatic carbocycles. The average molecular weight is 374 g/mol. The fourth-order valence-electron chi connectivity index (χ4n) is 1.42. The molecule has 0 saturated heterocycles. The maximum absolute atomic E-state index is 12.9. The highest BCUT2D eigenvalue weighted by molar-refractivity contribution is 9.10. The number of hydrogen-bond donors (Lipinski definition) is 2. The standard InChI is InChI=1S/C12H15BrF2N2O2.ClH/c1-19-10-3-2-9(13)4-8(10)5-11(18)17-7-12(14,15)6-16;/h2-4H,5-7,16H2,1H3,(H,17,18);1H. The molecule has 0 fully saturated rings. The summed E-state index contributed by atoms with van der Waals surface area (Å²) in [5.74, 6) is -3.06. The van der Waals surface area contributed by atoms with E-state index >= 15 is 0 Å². The predicted molar refractivity (Wildman–Crippen MR) is 78.7 cm³/mol. The van der Waals surface area contributed by atoms with Crippen molar-refractivity contribution in [1.82, 2.24) is 5.32 Å². The Balaban J connectivity index is 0.00000361. The lowest BCUT2D eigenvalue weighted by atomic mass is 10.1. The van der Waals surface area contributed by atoms with Gasteiger partial charge in [0.05, 0.1) is 26.6 Å². The summed E-state index contributed by atoms with van der Waals surface area (Å²) in [5.41, 5.74) is 5.50. The first-order chi connectivity index (χ1) is 8.88. The van der Waals surface area contributed by atoms with E-state index in [1.807, 2.05) is 0 Å². The van der Waals surface area contributed by atoms with Crippen molar-refractivity contribution in [3.63, 3.8) is 0 Å². The number of nitrogens with one attached hydrogen (secondary N) is 1. The van der Waals surface area contributed by atoms with Crippen LogP contribution in [0.4, 0.5) is 8.78 Å². The Labute approximate surface area is 130 Å². The van der Waals surface area contributed by atoms with Gasteiger partial charge in [0.1, 0.15) is 5.75 Å². The van der Waals surface area contributed by atoms with Crippen molar-refractivity contribution in [2.24, 2.45) is 5.73 Å². The molecule has 0 aromatic heterocycles. The minimum atomic E-state index is -3.09. The molecule has 0 unspecified atom stereocenters. The van der Waals surface area contributed by atoms with E-state index < -0.39 is 24.9 Å². The number of rotatable bonds is 6. The Bertz CT molecular complexity index is 461. The normalized spacial score (nSPS) is 10.7. The lowest BCUT2D eigenvalue weighted by Gasteiger charge is -2.15. The van der Waals surface area contributed by atoms with Crippen LogP contribution in [0.1, 0.15) is 5.56 Å². The van der Waals surface area contributed by atoms with Crippen LogP contribution in [-0.4, -0.2) is 32.0 Å². The number of carbonyl (C=O) groups excluding carboxylic acids is 1. The molecule has 114 valence electrons. The summed E-state index contributed by atoms with van der Waals surface area (Å²) in [6.45, 7) is -1.56. The van der Waals surface area contributed by atoms with Crippen molar-refractivity contribution in [1.29, 1.82) is 0 Å². The Morgan fingerprint density at radius 3 is 2.70 bits per heavy atom. The second-order valence-electron chi connectivity index (χ2n) is 3.97. The first-order valence-electron chi connectivity index (χ1n) is 5.55. The predicted octanol–water partition coefficient (Wildman–Crippen LogP) is 2.13. The van der Waals surface area contributed by atoms with Gasteiger partial charge in [-0.2, -0.15) is 0 Å². The number of halogens is 4. The number of amides is 1. The van der Waals surface area contributed by atoms with Crippen molar-refractivity contribution in [3.8, 4) is 5.75 Å². The highest BCUT2D eigenvalue weighted by atomic mass is 79.9. The van der Waals surface area contributed by atoms with Gasteiger partial charge in [0, 0.05) is 10.0 Å². The van der Waals surface area contributed by atoms with Crippen LogP contribution in [0.3, 0.4) is 0 Å². The quantitative estimate of drug-likeness (QED) is 0.803. The van der Waals surface area contributed by atoms with Crippen molar-refractivity contribution in [2.75, 3.05) is 20.2 Å². The van der Waals surface area contributed by atoms with Gasteiger partial charge in [0.25, 0.3) is 5.92 Å². The highest BCUT2D eigenvalue weighted by Crippen LogP contribution is 2.23. The number of carbonyl (C=O) groups is 1. The molecule has 20 heavy (non-hydrogen) atoms. The second-order valence-corrected chi connectivity index (χ2v) is 4.89. The molecule has 1 aromatic carbocycles. The van der Waals surface area contributed by atoms with Gasteiger partial charge in [-0.15, -0.1) is 12.4 Å². The third kappa shape index (κ3) is 6.02. The van der Waals surface area contributed by atoms with Gasteiger partial charge < -0.3 is 15.8 Å². The molecule has 8 heteroatoms. The number of hydrogen-bond acceptors (Lipinski definition) is 3. The van der Waals surface area contributed by atoms with E-state index in [1.165, 1.54) is 7.11 Å². The first kappa shape index (κ1) is 19.1. The van der Waals surface area contributed by atoms with E-state index in [-0.39, 0.29) is 18.8 Å². The third-order valence-corrected chi connectivity index (χ3v) is 2.93. The van der Waals surface area contributed by atoms with Gasteiger partial charge in [-0.1, -0.05) is 15.9 Å². The molecule has 0 saturated carbocycles. The number of nitrogens with two attached hydrogens (primary N) is 1.